The summed E-state index contributed by atoms with van der Waals surface area (Å²) in [4.78, 5) is 2.81. The van der Waals surface area contributed by atoms with Gasteiger partial charge in [-0.3, -0.25) is 0 Å². The van der Waals surface area contributed by atoms with E-state index in [2.05, 4.69) is 14.7 Å². The summed E-state index contributed by atoms with van der Waals surface area (Å²) in [6.45, 7) is 0. The van der Waals surface area contributed by atoms with Crippen LogP contribution in [0.2, 0.25) is 0 Å². The van der Waals surface area contributed by atoms with E-state index in [4.69, 9.17) is 5.53 Å². The van der Waals surface area contributed by atoms with Crippen LogP contribution >= 0.6 is 0 Å². The van der Waals surface area contributed by atoms with E-state index in [9.17, 15) is 8.42 Å². The minimum atomic E-state index is -3.41. The smallest absolute Gasteiger partial charge is 0.208 e. The number of nitrogens with one attached hydrogen (secondary N) is 1. The van der Waals surface area contributed by atoms with Crippen molar-refractivity contribution in [2.45, 2.75) is 23.8 Å². The van der Waals surface area contributed by atoms with Gasteiger partial charge in [-0.25, -0.2) is 13.1 Å². The molecule has 1 aromatic rings. The topological polar surface area (TPSA) is 94.9 Å². The van der Waals surface area contributed by atoms with Crippen LogP contribution in [0.4, 0.5) is 5.69 Å². The van der Waals surface area contributed by atoms with Crippen LogP contribution in [0.5, 0.6) is 0 Å². The molecule has 1 fully saturated rings. The molecular weight excluding hydrogens is 228 g/mol. The molecule has 0 radical (unpaired) electrons. The normalized spacial score (nSPS) is 15.5. The third-order valence-electron chi connectivity index (χ3n) is 2.21. The summed E-state index contributed by atoms with van der Waals surface area (Å²) in [7, 11) is -3.41. The number of nitrogens with zero attached hydrogens (tertiary/aromatic N) is 3. The van der Waals surface area contributed by atoms with Crippen molar-refractivity contribution >= 4 is 15.7 Å². The van der Waals surface area contributed by atoms with Crippen LogP contribution in [0.3, 0.4) is 0 Å². The zero-order valence-corrected chi connectivity index (χ0v) is 9.18. The van der Waals surface area contributed by atoms with Gasteiger partial charge in [0.05, 0.1) is 4.90 Å². The standard InChI is InChI=1S/C9H10N4O2S/c10-13-11-7-3-5-9(6-4-7)16(14,15)12-8-1-2-8/h3-6,8,12H,1-2H2. The first-order chi connectivity index (χ1) is 7.62. The summed E-state index contributed by atoms with van der Waals surface area (Å²) < 4.78 is 26.0. The highest BCUT2D eigenvalue weighted by atomic mass is 32.2. The van der Waals surface area contributed by atoms with Gasteiger partial charge in [0.15, 0.2) is 0 Å². The first-order valence-electron chi connectivity index (χ1n) is 4.79. The Morgan fingerprint density at radius 1 is 1.31 bits per heavy atom. The molecule has 1 aliphatic carbocycles. The number of benzene rings is 1. The molecular formula is C9H10N4O2S. The Morgan fingerprint density at radius 3 is 2.44 bits per heavy atom. The first kappa shape index (κ1) is 10.9. The van der Waals surface area contributed by atoms with E-state index in [1.807, 2.05) is 0 Å². The number of azide groups is 1. The van der Waals surface area contributed by atoms with Gasteiger partial charge in [0.2, 0.25) is 10.0 Å². The Kier molecular flexibility index (Phi) is 2.82. The summed E-state index contributed by atoms with van der Waals surface area (Å²) in [5.74, 6) is 0. The summed E-state index contributed by atoms with van der Waals surface area (Å²) in [5, 5.41) is 3.37. The number of hydrogen-bond acceptors (Lipinski definition) is 3. The Morgan fingerprint density at radius 2 is 1.94 bits per heavy atom. The predicted octanol–water partition coefficient (Wildman–Crippen LogP) is 2.07. The molecule has 1 N–H and O–H groups in total. The van der Waals surface area contributed by atoms with E-state index in [0.29, 0.717) is 5.69 Å². The minimum absolute atomic E-state index is 0.0850. The molecule has 0 atom stereocenters. The highest BCUT2D eigenvalue weighted by Gasteiger charge is 2.27. The lowest BCUT2D eigenvalue weighted by molar-refractivity contribution is 0.581. The van der Waals surface area contributed by atoms with Gasteiger partial charge >= 0.3 is 0 Å². The quantitative estimate of drug-likeness (QED) is 0.493. The van der Waals surface area contributed by atoms with Crippen molar-refractivity contribution in [1.29, 1.82) is 0 Å². The highest BCUT2D eigenvalue weighted by Crippen LogP contribution is 2.23. The molecule has 0 bridgehead atoms. The largest absolute Gasteiger partial charge is 0.240 e. The summed E-state index contributed by atoms with van der Waals surface area (Å²) in [6.07, 6.45) is 1.80. The number of hydrogen-bond donors (Lipinski definition) is 1. The second-order valence-corrected chi connectivity index (χ2v) is 5.29. The van der Waals surface area contributed by atoms with Crippen LogP contribution in [0, 0.1) is 0 Å². The van der Waals surface area contributed by atoms with E-state index in [-0.39, 0.29) is 10.9 Å². The number of sulfonamides is 1. The van der Waals surface area contributed by atoms with Gasteiger partial charge in [-0.05, 0) is 30.5 Å². The zero-order valence-electron chi connectivity index (χ0n) is 8.37. The first-order valence-corrected chi connectivity index (χ1v) is 6.27. The molecule has 7 heteroatoms. The molecule has 1 saturated carbocycles. The van der Waals surface area contributed by atoms with Crippen molar-refractivity contribution in [3.63, 3.8) is 0 Å². The lowest BCUT2D eigenvalue weighted by Gasteiger charge is -2.04. The van der Waals surface area contributed by atoms with Gasteiger partial charge in [-0.2, -0.15) is 0 Å². The third kappa shape index (κ3) is 2.52. The van der Waals surface area contributed by atoms with E-state index >= 15 is 0 Å². The molecule has 0 spiro atoms. The van der Waals surface area contributed by atoms with E-state index in [1.54, 1.807) is 0 Å². The molecule has 84 valence electrons. The van der Waals surface area contributed by atoms with Crippen molar-refractivity contribution in [2.75, 3.05) is 0 Å². The van der Waals surface area contributed by atoms with Gasteiger partial charge in [0.1, 0.15) is 0 Å². The van der Waals surface area contributed by atoms with E-state index < -0.39 is 10.0 Å². The zero-order chi connectivity index (χ0) is 11.6. The average molecular weight is 238 g/mol. The molecule has 0 amide bonds. The summed E-state index contributed by atoms with van der Waals surface area (Å²) in [5.41, 5.74) is 8.60. The van der Waals surface area contributed by atoms with Crippen molar-refractivity contribution in [3.05, 3.63) is 34.7 Å². The maximum absolute atomic E-state index is 11.7. The van der Waals surface area contributed by atoms with Gasteiger partial charge in [-0.15, -0.1) is 0 Å². The van der Waals surface area contributed by atoms with Crippen LogP contribution in [0.25, 0.3) is 10.4 Å². The Bertz CT molecular complexity index is 527. The van der Waals surface area contributed by atoms with Crippen LogP contribution in [-0.4, -0.2) is 14.5 Å². The Labute approximate surface area is 93.0 Å². The number of rotatable bonds is 4. The van der Waals surface area contributed by atoms with Crippen LogP contribution in [0.1, 0.15) is 12.8 Å². The van der Waals surface area contributed by atoms with Crippen molar-refractivity contribution in [2.24, 2.45) is 5.11 Å². The predicted molar refractivity (Wildman–Crippen MR) is 58.6 cm³/mol. The maximum Gasteiger partial charge on any atom is 0.240 e. The van der Waals surface area contributed by atoms with Crippen molar-refractivity contribution in [3.8, 4) is 0 Å². The lowest BCUT2D eigenvalue weighted by atomic mass is 10.3. The molecule has 0 heterocycles. The summed E-state index contributed by atoms with van der Waals surface area (Å²) >= 11 is 0. The van der Waals surface area contributed by atoms with Crippen LogP contribution in [-0.2, 0) is 10.0 Å². The average Bonchev–Trinajstić information content (AvgIpc) is 3.02. The van der Waals surface area contributed by atoms with Gasteiger partial charge in [0, 0.05) is 16.6 Å². The molecule has 0 aliphatic heterocycles. The van der Waals surface area contributed by atoms with Crippen LogP contribution < -0.4 is 4.72 Å². The molecule has 2 rings (SSSR count). The van der Waals surface area contributed by atoms with E-state index in [0.717, 1.165) is 12.8 Å². The fourth-order valence-corrected chi connectivity index (χ4v) is 2.54. The lowest BCUT2D eigenvalue weighted by Crippen LogP contribution is -2.25. The maximum atomic E-state index is 11.7. The molecule has 6 nitrogen and oxygen atoms in total. The molecule has 0 unspecified atom stereocenters. The van der Waals surface area contributed by atoms with Crippen molar-refractivity contribution in [1.82, 2.24) is 4.72 Å². The fraction of sp³-hybridized carbons (Fsp3) is 0.333. The Hall–Kier alpha value is -1.56. The van der Waals surface area contributed by atoms with Gasteiger partial charge in [0.25, 0.3) is 0 Å². The summed E-state index contributed by atoms with van der Waals surface area (Å²) in [6, 6.07) is 5.88. The molecule has 0 saturated heterocycles. The fourth-order valence-electron chi connectivity index (χ4n) is 1.23. The van der Waals surface area contributed by atoms with Gasteiger partial charge < -0.3 is 0 Å². The molecule has 1 aliphatic rings. The Balaban J connectivity index is 2.22. The molecule has 0 aromatic heterocycles. The van der Waals surface area contributed by atoms with Crippen LogP contribution in [0.15, 0.2) is 34.3 Å². The second-order valence-electron chi connectivity index (χ2n) is 3.58. The second kappa shape index (κ2) is 4.13. The third-order valence-corrected chi connectivity index (χ3v) is 3.74. The van der Waals surface area contributed by atoms with Crippen molar-refractivity contribution < 1.29 is 8.42 Å². The SMILES string of the molecule is [N-]=[N+]=Nc1ccc(S(=O)(=O)NC2CC2)cc1. The highest BCUT2D eigenvalue weighted by molar-refractivity contribution is 7.89. The van der Waals surface area contributed by atoms with Gasteiger partial charge in [-0.1, -0.05) is 17.2 Å². The molecule has 16 heavy (non-hydrogen) atoms. The molecule has 1 aromatic carbocycles. The minimum Gasteiger partial charge on any atom is -0.208 e. The monoisotopic (exact) mass is 238 g/mol. The van der Waals surface area contributed by atoms with E-state index in [1.165, 1.54) is 24.3 Å².